The van der Waals surface area contributed by atoms with Gasteiger partial charge in [0.2, 0.25) is 0 Å². The quantitative estimate of drug-likeness (QED) is 0.844. The maximum atomic E-state index is 10.8. The lowest BCUT2D eigenvalue weighted by Gasteiger charge is -2.25. The van der Waals surface area contributed by atoms with E-state index < -0.39 is 0 Å². The van der Waals surface area contributed by atoms with Crippen molar-refractivity contribution in [2.24, 2.45) is 5.41 Å². The summed E-state index contributed by atoms with van der Waals surface area (Å²) in [6, 6.07) is 15.3. The number of rotatable bonds is 4. The van der Waals surface area contributed by atoms with E-state index in [1.54, 1.807) is 12.1 Å². The van der Waals surface area contributed by atoms with Gasteiger partial charge in [0.25, 0.3) is 0 Å². The Kier molecular flexibility index (Phi) is 3.09. The molecule has 102 valence electrons. The van der Waals surface area contributed by atoms with Gasteiger partial charge in [-0.15, -0.1) is 0 Å². The van der Waals surface area contributed by atoms with Gasteiger partial charge in [-0.05, 0) is 41.5 Å². The third-order valence-electron chi connectivity index (χ3n) is 4.37. The highest BCUT2D eigenvalue weighted by Crippen LogP contribution is 2.58. The summed E-state index contributed by atoms with van der Waals surface area (Å²) < 4.78 is 0. The first-order valence-corrected chi connectivity index (χ1v) is 6.96. The molecule has 1 saturated carbocycles. The van der Waals surface area contributed by atoms with Crippen LogP contribution in [0.3, 0.4) is 0 Å². The van der Waals surface area contributed by atoms with E-state index in [0.29, 0.717) is 22.6 Å². The lowest BCUT2D eigenvalue weighted by molar-refractivity contribution is 0.112. The first-order valence-electron chi connectivity index (χ1n) is 6.96. The Hall–Kier alpha value is -2.09. The lowest BCUT2D eigenvalue weighted by Crippen LogP contribution is -2.12. The fourth-order valence-electron chi connectivity index (χ4n) is 2.92. The van der Waals surface area contributed by atoms with Crippen LogP contribution in [0.5, 0.6) is 5.75 Å². The predicted octanol–water partition coefficient (Wildman–Crippen LogP) is 4.14. The molecule has 0 amide bonds. The second-order valence-corrected chi connectivity index (χ2v) is 5.96. The summed E-state index contributed by atoms with van der Waals surface area (Å²) in [4.78, 5) is 10.8. The molecule has 1 aliphatic carbocycles. The molecular weight excluding hydrogens is 248 g/mol. The summed E-state index contributed by atoms with van der Waals surface area (Å²) in [6.07, 6.45) is 3.31. The van der Waals surface area contributed by atoms with Crippen LogP contribution < -0.4 is 0 Å². The number of aldehydes is 1. The third kappa shape index (κ3) is 2.34. The van der Waals surface area contributed by atoms with Crippen LogP contribution in [0.4, 0.5) is 0 Å². The number of phenolic OH excluding ortho intramolecular Hbond substituents is 1. The molecule has 0 heterocycles. The monoisotopic (exact) mass is 266 g/mol. The van der Waals surface area contributed by atoms with Gasteiger partial charge < -0.3 is 5.11 Å². The molecule has 2 aromatic rings. The standard InChI is InChI=1S/C18H18O2/c1-18(10-11-18)17(15-6-8-16(20)9-7-15)14-4-2-13(12-19)3-5-14/h2-9,12,17,20H,10-11H2,1H3. The first-order chi connectivity index (χ1) is 9.62. The molecule has 0 aromatic heterocycles. The number of aromatic hydroxyl groups is 1. The fourth-order valence-corrected chi connectivity index (χ4v) is 2.92. The average Bonchev–Trinajstić information content (AvgIpc) is 3.20. The molecule has 2 nitrogen and oxygen atoms in total. The van der Waals surface area contributed by atoms with E-state index in [-0.39, 0.29) is 0 Å². The smallest absolute Gasteiger partial charge is 0.150 e. The first kappa shape index (κ1) is 12.9. The molecule has 1 fully saturated rings. The van der Waals surface area contributed by atoms with Gasteiger partial charge in [0.1, 0.15) is 12.0 Å². The number of benzene rings is 2. The molecule has 1 atom stereocenters. The topological polar surface area (TPSA) is 37.3 Å². The van der Waals surface area contributed by atoms with Crippen molar-refractivity contribution in [3.63, 3.8) is 0 Å². The number of hydrogen-bond acceptors (Lipinski definition) is 2. The molecule has 1 N–H and O–H groups in total. The number of carbonyl (C=O) groups is 1. The maximum absolute atomic E-state index is 10.8. The van der Waals surface area contributed by atoms with E-state index in [4.69, 9.17) is 0 Å². The van der Waals surface area contributed by atoms with Gasteiger partial charge in [0.15, 0.2) is 0 Å². The van der Waals surface area contributed by atoms with E-state index in [1.165, 1.54) is 24.0 Å². The van der Waals surface area contributed by atoms with Crippen LogP contribution in [0.1, 0.15) is 47.2 Å². The van der Waals surface area contributed by atoms with Crippen molar-refractivity contribution in [3.05, 3.63) is 65.2 Å². The molecular formula is C18H18O2. The van der Waals surface area contributed by atoms with E-state index in [2.05, 4.69) is 6.92 Å². The van der Waals surface area contributed by atoms with Crippen molar-refractivity contribution in [2.75, 3.05) is 0 Å². The van der Waals surface area contributed by atoms with Crippen molar-refractivity contribution in [1.29, 1.82) is 0 Å². The predicted molar refractivity (Wildman–Crippen MR) is 79.1 cm³/mol. The molecule has 1 unspecified atom stereocenters. The van der Waals surface area contributed by atoms with E-state index in [0.717, 1.165) is 6.29 Å². The Balaban J connectivity index is 2.01. The minimum Gasteiger partial charge on any atom is -0.508 e. The van der Waals surface area contributed by atoms with Gasteiger partial charge in [-0.3, -0.25) is 4.79 Å². The third-order valence-corrected chi connectivity index (χ3v) is 4.37. The lowest BCUT2D eigenvalue weighted by atomic mass is 9.79. The molecule has 3 rings (SSSR count). The molecule has 2 aromatic carbocycles. The zero-order valence-electron chi connectivity index (χ0n) is 11.5. The normalized spacial score (nSPS) is 17.4. The van der Waals surface area contributed by atoms with Gasteiger partial charge in [0, 0.05) is 11.5 Å². The van der Waals surface area contributed by atoms with Crippen molar-refractivity contribution >= 4 is 6.29 Å². The van der Waals surface area contributed by atoms with Gasteiger partial charge in [-0.25, -0.2) is 0 Å². The molecule has 0 bridgehead atoms. The average molecular weight is 266 g/mol. The van der Waals surface area contributed by atoms with Crippen LogP contribution in [-0.2, 0) is 0 Å². The van der Waals surface area contributed by atoms with Gasteiger partial charge in [-0.2, -0.15) is 0 Å². The Morgan fingerprint density at radius 3 is 1.95 bits per heavy atom. The van der Waals surface area contributed by atoms with Crippen LogP contribution in [0.25, 0.3) is 0 Å². The van der Waals surface area contributed by atoms with Crippen molar-refractivity contribution in [3.8, 4) is 5.75 Å². The Morgan fingerprint density at radius 1 is 1.00 bits per heavy atom. The fraction of sp³-hybridized carbons (Fsp3) is 0.278. The van der Waals surface area contributed by atoms with E-state index in [1.807, 2.05) is 36.4 Å². The maximum Gasteiger partial charge on any atom is 0.150 e. The largest absolute Gasteiger partial charge is 0.508 e. The molecule has 2 heteroatoms. The highest BCUT2D eigenvalue weighted by molar-refractivity contribution is 5.74. The Labute approximate surface area is 119 Å². The number of phenols is 1. The second-order valence-electron chi connectivity index (χ2n) is 5.96. The zero-order chi connectivity index (χ0) is 14.2. The van der Waals surface area contributed by atoms with Crippen molar-refractivity contribution < 1.29 is 9.90 Å². The van der Waals surface area contributed by atoms with Crippen molar-refractivity contribution in [1.82, 2.24) is 0 Å². The summed E-state index contributed by atoms with van der Waals surface area (Å²) in [5, 5.41) is 9.46. The van der Waals surface area contributed by atoms with Gasteiger partial charge in [-0.1, -0.05) is 43.3 Å². The molecule has 20 heavy (non-hydrogen) atoms. The number of carbonyl (C=O) groups excluding carboxylic acids is 1. The van der Waals surface area contributed by atoms with Gasteiger partial charge in [0.05, 0.1) is 0 Å². The van der Waals surface area contributed by atoms with Crippen LogP contribution >= 0.6 is 0 Å². The highest BCUT2D eigenvalue weighted by atomic mass is 16.3. The molecule has 0 radical (unpaired) electrons. The van der Waals surface area contributed by atoms with E-state index in [9.17, 15) is 9.90 Å². The second kappa shape index (κ2) is 4.78. The van der Waals surface area contributed by atoms with Crippen LogP contribution in [0, 0.1) is 5.41 Å². The SMILES string of the molecule is CC1(C(c2ccc(O)cc2)c2ccc(C=O)cc2)CC1. The zero-order valence-corrected chi connectivity index (χ0v) is 11.5. The summed E-state index contributed by atoms with van der Waals surface area (Å²) in [7, 11) is 0. The van der Waals surface area contributed by atoms with Crippen LogP contribution in [0.2, 0.25) is 0 Å². The molecule has 0 spiro atoms. The molecule has 1 aliphatic rings. The highest BCUT2D eigenvalue weighted by Gasteiger charge is 2.45. The minimum absolute atomic E-state index is 0.291. The van der Waals surface area contributed by atoms with Crippen molar-refractivity contribution in [2.45, 2.75) is 25.7 Å². The minimum atomic E-state index is 0.291. The molecule has 0 aliphatic heterocycles. The summed E-state index contributed by atoms with van der Waals surface area (Å²) in [5.74, 6) is 0.619. The summed E-state index contributed by atoms with van der Waals surface area (Å²) in [6.45, 7) is 2.30. The Morgan fingerprint density at radius 2 is 1.50 bits per heavy atom. The number of hydrogen-bond donors (Lipinski definition) is 1. The van der Waals surface area contributed by atoms with Crippen LogP contribution in [0.15, 0.2) is 48.5 Å². The summed E-state index contributed by atoms with van der Waals surface area (Å²) in [5.41, 5.74) is 3.46. The van der Waals surface area contributed by atoms with Crippen LogP contribution in [-0.4, -0.2) is 11.4 Å². The van der Waals surface area contributed by atoms with Gasteiger partial charge >= 0.3 is 0 Å². The Bertz CT molecular complexity index is 607. The molecule has 0 saturated heterocycles. The summed E-state index contributed by atoms with van der Waals surface area (Å²) >= 11 is 0. The van der Waals surface area contributed by atoms with E-state index >= 15 is 0 Å².